The SMILES string of the molecule is CC1(O)CCCN(CC(=O)NC(=O)NC2CCCCC2)C1. The molecule has 0 aromatic rings. The minimum atomic E-state index is -0.733. The van der Waals surface area contributed by atoms with Gasteiger partial charge in [0.15, 0.2) is 0 Å². The fraction of sp³-hybridized carbons (Fsp3) is 0.867. The monoisotopic (exact) mass is 297 g/mol. The van der Waals surface area contributed by atoms with Gasteiger partial charge in [-0.25, -0.2) is 4.79 Å². The Kier molecular flexibility index (Phi) is 5.58. The van der Waals surface area contributed by atoms with E-state index in [4.69, 9.17) is 0 Å². The second-order valence-corrected chi connectivity index (χ2v) is 6.67. The molecule has 6 nitrogen and oxygen atoms in total. The van der Waals surface area contributed by atoms with E-state index >= 15 is 0 Å². The molecule has 3 N–H and O–H groups in total. The van der Waals surface area contributed by atoms with Crippen LogP contribution in [-0.4, -0.2) is 53.2 Å². The van der Waals surface area contributed by atoms with Crippen LogP contribution in [0, 0.1) is 0 Å². The molecule has 6 heteroatoms. The molecule has 0 aromatic carbocycles. The molecular formula is C15H27N3O3. The maximum absolute atomic E-state index is 11.9. The second-order valence-electron chi connectivity index (χ2n) is 6.67. The predicted molar refractivity (Wildman–Crippen MR) is 79.8 cm³/mol. The average Bonchev–Trinajstić information content (AvgIpc) is 2.38. The molecule has 1 atom stereocenters. The van der Waals surface area contributed by atoms with E-state index in [0.29, 0.717) is 6.54 Å². The number of carbonyl (C=O) groups excluding carboxylic acids is 2. The summed E-state index contributed by atoms with van der Waals surface area (Å²) in [4.78, 5) is 25.6. The lowest BCUT2D eigenvalue weighted by Gasteiger charge is -2.36. The highest BCUT2D eigenvalue weighted by Gasteiger charge is 2.29. The molecule has 0 radical (unpaired) electrons. The van der Waals surface area contributed by atoms with Crippen LogP contribution in [0.5, 0.6) is 0 Å². The number of nitrogens with zero attached hydrogens (tertiary/aromatic N) is 1. The Morgan fingerprint density at radius 3 is 2.62 bits per heavy atom. The van der Waals surface area contributed by atoms with Gasteiger partial charge in [0.2, 0.25) is 5.91 Å². The summed E-state index contributed by atoms with van der Waals surface area (Å²) in [6.07, 6.45) is 7.13. The largest absolute Gasteiger partial charge is 0.389 e. The van der Waals surface area contributed by atoms with E-state index < -0.39 is 11.6 Å². The molecule has 1 aliphatic heterocycles. The molecule has 2 fully saturated rings. The fourth-order valence-corrected chi connectivity index (χ4v) is 3.30. The first-order valence-corrected chi connectivity index (χ1v) is 8.00. The number of hydrogen-bond acceptors (Lipinski definition) is 4. The van der Waals surface area contributed by atoms with Gasteiger partial charge in [-0.2, -0.15) is 0 Å². The van der Waals surface area contributed by atoms with Gasteiger partial charge < -0.3 is 10.4 Å². The van der Waals surface area contributed by atoms with Gasteiger partial charge in [0.25, 0.3) is 0 Å². The summed E-state index contributed by atoms with van der Waals surface area (Å²) in [7, 11) is 0. The Morgan fingerprint density at radius 2 is 1.95 bits per heavy atom. The molecule has 2 aliphatic rings. The van der Waals surface area contributed by atoms with Crippen molar-refractivity contribution in [3.63, 3.8) is 0 Å². The van der Waals surface area contributed by atoms with Crippen molar-refractivity contribution < 1.29 is 14.7 Å². The molecule has 120 valence electrons. The Labute approximate surface area is 126 Å². The van der Waals surface area contributed by atoms with Crippen molar-refractivity contribution in [3.05, 3.63) is 0 Å². The normalized spacial score (nSPS) is 28.1. The quantitative estimate of drug-likeness (QED) is 0.725. The van der Waals surface area contributed by atoms with Crippen LogP contribution >= 0.6 is 0 Å². The fourth-order valence-electron chi connectivity index (χ4n) is 3.30. The van der Waals surface area contributed by atoms with Crippen LogP contribution in [0.1, 0.15) is 51.9 Å². The van der Waals surface area contributed by atoms with Crippen LogP contribution in [0.4, 0.5) is 4.79 Å². The summed E-state index contributed by atoms with van der Waals surface area (Å²) in [6.45, 7) is 3.21. The van der Waals surface area contributed by atoms with Gasteiger partial charge in [-0.05, 0) is 39.2 Å². The third-order valence-corrected chi connectivity index (χ3v) is 4.31. The summed E-state index contributed by atoms with van der Waals surface area (Å²) >= 11 is 0. The molecule has 21 heavy (non-hydrogen) atoms. The van der Waals surface area contributed by atoms with Crippen molar-refractivity contribution in [1.29, 1.82) is 0 Å². The van der Waals surface area contributed by atoms with Crippen molar-refractivity contribution in [2.24, 2.45) is 0 Å². The molecule has 2 rings (SSSR count). The number of imide groups is 1. The summed E-state index contributed by atoms with van der Waals surface area (Å²) in [5, 5.41) is 15.3. The molecular weight excluding hydrogens is 270 g/mol. The van der Waals surface area contributed by atoms with E-state index in [1.54, 1.807) is 6.92 Å². The lowest BCUT2D eigenvalue weighted by molar-refractivity contribution is -0.122. The van der Waals surface area contributed by atoms with Crippen LogP contribution in [0.3, 0.4) is 0 Å². The number of carbonyl (C=O) groups is 2. The zero-order valence-corrected chi connectivity index (χ0v) is 12.9. The van der Waals surface area contributed by atoms with E-state index in [1.165, 1.54) is 6.42 Å². The standard InChI is InChI=1S/C15H27N3O3/c1-15(21)8-5-9-18(11-15)10-13(19)17-14(20)16-12-6-3-2-4-7-12/h12,21H,2-11H2,1H3,(H2,16,17,19,20). The molecule has 1 heterocycles. The number of aliphatic hydroxyl groups is 1. The first-order valence-electron chi connectivity index (χ1n) is 8.00. The number of amides is 3. The number of urea groups is 1. The molecule has 0 aromatic heterocycles. The average molecular weight is 297 g/mol. The maximum atomic E-state index is 11.9. The Morgan fingerprint density at radius 1 is 1.24 bits per heavy atom. The number of β-amino-alcohol motifs (C(OH)–C–C–N with tert-alkyl or cyclic N) is 1. The topological polar surface area (TPSA) is 81.7 Å². The minimum absolute atomic E-state index is 0.161. The molecule has 3 amide bonds. The number of rotatable bonds is 3. The summed E-state index contributed by atoms with van der Waals surface area (Å²) < 4.78 is 0. The van der Waals surface area contributed by atoms with Crippen molar-refractivity contribution in [1.82, 2.24) is 15.5 Å². The van der Waals surface area contributed by atoms with E-state index in [-0.39, 0.29) is 18.5 Å². The smallest absolute Gasteiger partial charge is 0.321 e. The highest BCUT2D eigenvalue weighted by Crippen LogP contribution is 2.19. The second kappa shape index (κ2) is 7.22. The van der Waals surface area contributed by atoms with Crippen LogP contribution in [0.25, 0.3) is 0 Å². The van der Waals surface area contributed by atoms with E-state index in [2.05, 4.69) is 10.6 Å². The number of hydrogen-bond donors (Lipinski definition) is 3. The van der Waals surface area contributed by atoms with Crippen LogP contribution in [0.15, 0.2) is 0 Å². The van der Waals surface area contributed by atoms with Crippen LogP contribution in [0.2, 0.25) is 0 Å². The van der Waals surface area contributed by atoms with Crippen LogP contribution in [-0.2, 0) is 4.79 Å². The predicted octanol–water partition coefficient (Wildman–Crippen LogP) is 0.992. The van der Waals surface area contributed by atoms with Gasteiger partial charge in [0.05, 0.1) is 12.1 Å². The Balaban J connectivity index is 1.69. The highest BCUT2D eigenvalue weighted by atomic mass is 16.3. The van der Waals surface area contributed by atoms with Gasteiger partial charge in [0.1, 0.15) is 0 Å². The highest BCUT2D eigenvalue weighted by molar-refractivity contribution is 5.95. The van der Waals surface area contributed by atoms with Gasteiger partial charge in [0, 0.05) is 12.6 Å². The van der Waals surface area contributed by atoms with Gasteiger partial charge in [-0.15, -0.1) is 0 Å². The number of nitrogens with one attached hydrogen (secondary N) is 2. The van der Waals surface area contributed by atoms with E-state index in [9.17, 15) is 14.7 Å². The lowest BCUT2D eigenvalue weighted by atomic mass is 9.95. The van der Waals surface area contributed by atoms with Crippen molar-refractivity contribution in [2.75, 3.05) is 19.6 Å². The van der Waals surface area contributed by atoms with E-state index in [0.717, 1.165) is 45.1 Å². The summed E-state index contributed by atoms with van der Waals surface area (Å²) in [6, 6.07) is -0.196. The minimum Gasteiger partial charge on any atom is -0.389 e. The van der Waals surface area contributed by atoms with Gasteiger partial charge in [-0.1, -0.05) is 19.3 Å². The van der Waals surface area contributed by atoms with Crippen LogP contribution < -0.4 is 10.6 Å². The number of likely N-dealkylation sites (tertiary alicyclic amines) is 1. The first-order chi connectivity index (χ1) is 9.94. The summed E-state index contributed by atoms with van der Waals surface area (Å²) in [5.41, 5.74) is -0.733. The van der Waals surface area contributed by atoms with Gasteiger partial charge >= 0.3 is 6.03 Å². The summed E-state index contributed by atoms with van der Waals surface area (Å²) in [5.74, 6) is -0.305. The lowest BCUT2D eigenvalue weighted by Crippen LogP contribution is -2.52. The van der Waals surface area contributed by atoms with E-state index in [1.807, 2.05) is 4.90 Å². The van der Waals surface area contributed by atoms with Gasteiger partial charge in [-0.3, -0.25) is 15.0 Å². The molecule has 1 saturated heterocycles. The zero-order chi connectivity index (χ0) is 15.3. The Bertz CT molecular complexity index is 378. The van der Waals surface area contributed by atoms with Crippen molar-refractivity contribution >= 4 is 11.9 Å². The van der Waals surface area contributed by atoms with Crippen molar-refractivity contribution in [2.45, 2.75) is 63.5 Å². The zero-order valence-electron chi connectivity index (χ0n) is 12.9. The Hall–Kier alpha value is -1.14. The molecule has 1 saturated carbocycles. The third-order valence-electron chi connectivity index (χ3n) is 4.31. The molecule has 0 bridgehead atoms. The third kappa shape index (κ3) is 5.63. The molecule has 1 unspecified atom stereocenters. The first kappa shape index (κ1) is 16.2. The van der Waals surface area contributed by atoms with Crippen molar-refractivity contribution in [3.8, 4) is 0 Å². The molecule has 1 aliphatic carbocycles. The number of piperidine rings is 1. The molecule has 0 spiro atoms. The maximum Gasteiger partial charge on any atom is 0.321 e.